The first-order valence-electron chi connectivity index (χ1n) is 6.34. The van der Waals surface area contributed by atoms with Crippen molar-refractivity contribution in [3.05, 3.63) is 77.3 Å². The van der Waals surface area contributed by atoms with E-state index in [2.05, 4.69) is 67.6 Å². The monoisotopic (exact) mass is 239 g/mol. The van der Waals surface area contributed by atoms with Gasteiger partial charge in [-0.15, -0.1) is 0 Å². The SMILES string of the molecule is CC[SiH2][C](Cc1ccccc1)c1ccccc1. The van der Waals surface area contributed by atoms with Crippen molar-refractivity contribution in [2.45, 2.75) is 19.4 Å². The normalized spacial score (nSPS) is 11.4. The van der Waals surface area contributed by atoms with E-state index in [-0.39, 0.29) is 9.52 Å². The Bertz CT molecular complexity index is 422. The fourth-order valence-electron chi connectivity index (χ4n) is 2.15. The molecule has 1 heteroatoms. The molecule has 0 aliphatic carbocycles. The van der Waals surface area contributed by atoms with Crippen LogP contribution in [0.15, 0.2) is 60.7 Å². The van der Waals surface area contributed by atoms with Gasteiger partial charge in [-0.25, -0.2) is 0 Å². The van der Waals surface area contributed by atoms with Gasteiger partial charge < -0.3 is 0 Å². The number of rotatable bonds is 5. The first kappa shape index (κ1) is 12.1. The van der Waals surface area contributed by atoms with Gasteiger partial charge in [0.05, 0.1) is 0 Å². The van der Waals surface area contributed by atoms with Crippen LogP contribution in [-0.2, 0) is 6.42 Å². The zero-order valence-corrected chi connectivity index (χ0v) is 11.8. The van der Waals surface area contributed by atoms with Crippen LogP contribution in [0.3, 0.4) is 0 Å². The molecule has 17 heavy (non-hydrogen) atoms. The van der Waals surface area contributed by atoms with Crippen molar-refractivity contribution in [1.82, 2.24) is 0 Å². The summed E-state index contributed by atoms with van der Waals surface area (Å²) in [4.78, 5) is 0. The van der Waals surface area contributed by atoms with E-state index in [1.807, 2.05) is 0 Å². The third kappa shape index (κ3) is 3.57. The Balaban J connectivity index is 2.13. The summed E-state index contributed by atoms with van der Waals surface area (Å²) in [6, 6.07) is 23.0. The molecule has 0 aromatic heterocycles. The van der Waals surface area contributed by atoms with Crippen LogP contribution in [0, 0.1) is 5.54 Å². The van der Waals surface area contributed by atoms with Crippen LogP contribution < -0.4 is 0 Å². The minimum atomic E-state index is -0.0897. The van der Waals surface area contributed by atoms with Gasteiger partial charge in [0.2, 0.25) is 0 Å². The predicted octanol–water partition coefficient (Wildman–Crippen LogP) is 3.42. The largest absolute Gasteiger partial charge is 0.0682 e. The molecule has 1 radical (unpaired) electrons. The summed E-state index contributed by atoms with van der Waals surface area (Å²) in [5.41, 5.74) is 4.57. The van der Waals surface area contributed by atoms with E-state index in [1.54, 1.807) is 5.54 Å². The van der Waals surface area contributed by atoms with Crippen LogP contribution in [0.4, 0.5) is 0 Å². The van der Waals surface area contributed by atoms with Gasteiger partial charge in [0.15, 0.2) is 0 Å². The molecule has 0 saturated heterocycles. The molecular weight excluding hydrogens is 220 g/mol. The molecule has 0 heterocycles. The maximum absolute atomic E-state index is 2.31. The second kappa shape index (κ2) is 6.41. The predicted molar refractivity (Wildman–Crippen MR) is 78.0 cm³/mol. The lowest BCUT2D eigenvalue weighted by atomic mass is 10.0. The van der Waals surface area contributed by atoms with Crippen molar-refractivity contribution < 1.29 is 0 Å². The van der Waals surface area contributed by atoms with E-state index in [0.717, 1.165) is 6.42 Å². The molecular formula is C16H19Si. The van der Waals surface area contributed by atoms with Crippen molar-refractivity contribution in [3.8, 4) is 0 Å². The van der Waals surface area contributed by atoms with Crippen LogP contribution in [0.1, 0.15) is 18.1 Å². The van der Waals surface area contributed by atoms with E-state index in [9.17, 15) is 0 Å². The Hall–Kier alpha value is -1.34. The average molecular weight is 239 g/mol. The van der Waals surface area contributed by atoms with Crippen LogP contribution >= 0.6 is 0 Å². The zero-order chi connectivity index (χ0) is 11.9. The fourth-order valence-corrected chi connectivity index (χ4v) is 3.75. The quantitative estimate of drug-likeness (QED) is 0.701. The first-order valence-corrected chi connectivity index (χ1v) is 8.05. The molecule has 0 nitrogen and oxygen atoms in total. The van der Waals surface area contributed by atoms with E-state index in [4.69, 9.17) is 0 Å². The van der Waals surface area contributed by atoms with E-state index < -0.39 is 0 Å². The smallest absolute Gasteiger partial charge is 0.0335 e. The van der Waals surface area contributed by atoms with Crippen molar-refractivity contribution in [1.29, 1.82) is 0 Å². The molecule has 0 atom stereocenters. The highest BCUT2D eigenvalue weighted by molar-refractivity contribution is 6.44. The molecule has 0 spiro atoms. The third-order valence-corrected chi connectivity index (χ3v) is 4.76. The zero-order valence-electron chi connectivity index (χ0n) is 10.4. The fraction of sp³-hybridized carbons (Fsp3) is 0.188. The van der Waals surface area contributed by atoms with Crippen molar-refractivity contribution in [2.24, 2.45) is 0 Å². The van der Waals surface area contributed by atoms with Crippen LogP contribution in [0.5, 0.6) is 0 Å². The molecule has 0 amide bonds. The standard InChI is InChI=1S/C16H19Si/c1-2-17-16(15-11-7-4-8-12-15)13-14-9-5-3-6-10-14/h3-12H,2,13,17H2,1H3. The van der Waals surface area contributed by atoms with Crippen LogP contribution in [-0.4, -0.2) is 9.52 Å². The lowest BCUT2D eigenvalue weighted by molar-refractivity contribution is 1.10. The van der Waals surface area contributed by atoms with E-state index in [0.29, 0.717) is 0 Å². The van der Waals surface area contributed by atoms with Crippen LogP contribution in [0.25, 0.3) is 0 Å². The summed E-state index contributed by atoms with van der Waals surface area (Å²) in [6.07, 6.45) is 1.13. The molecule has 0 aliphatic rings. The molecule has 87 valence electrons. The van der Waals surface area contributed by atoms with Gasteiger partial charge in [-0.3, -0.25) is 0 Å². The molecule has 0 aliphatic heterocycles. The Labute approximate surface area is 107 Å². The maximum Gasteiger partial charge on any atom is 0.0335 e. The lowest BCUT2D eigenvalue weighted by Gasteiger charge is -2.15. The third-order valence-electron chi connectivity index (χ3n) is 2.99. The number of benzene rings is 2. The summed E-state index contributed by atoms with van der Waals surface area (Å²) in [6.45, 7) is 2.31. The summed E-state index contributed by atoms with van der Waals surface area (Å²) in [7, 11) is -0.0897. The molecule has 0 N–H and O–H groups in total. The van der Waals surface area contributed by atoms with Gasteiger partial charge >= 0.3 is 0 Å². The molecule has 0 unspecified atom stereocenters. The van der Waals surface area contributed by atoms with Crippen molar-refractivity contribution in [3.63, 3.8) is 0 Å². The molecule has 2 rings (SSSR count). The first-order chi connectivity index (χ1) is 8.40. The number of hydrogen-bond donors (Lipinski definition) is 0. The minimum absolute atomic E-state index is 0.0897. The summed E-state index contributed by atoms with van der Waals surface area (Å²) >= 11 is 0. The van der Waals surface area contributed by atoms with Crippen molar-refractivity contribution >= 4 is 9.52 Å². The van der Waals surface area contributed by atoms with Gasteiger partial charge in [0, 0.05) is 9.52 Å². The highest BCUT2D eigenvalue weighted by atomic mass is 28.2. The Morgan fingerprint density at radius 3 is 2.06 bits per heavy atom. The molecule has 0 bridgehead atoms. The van der Waals surface area contributed by atoms with Crippen LogP contribution in [0.2, 0.25) is 6.04 Å². The van der Waals surface area contributed by atoms with E-state index in [1.165, 1.54) is 17.2 Å². The van der Waals surface area contributed by atoms with Crippen molar-refractivity contribution in [2.75, 3.05) is 0 Å². The highest BCUT2D eigenvalue weighted by Gasteiger charge is 2.11. The highest BCUT2D eigenvalue weighted by Crippen LogP contribution is 2.19. The molecule has 2 aromatic rings. The van der Waals surface area contributed by atoms with Gasteiger partial charge in [-0.1, -0.05) is 73.6 Å². The second-order valence-corrected chi connectivity index (χ2v) is 6.74. The minimum Gasteiger partial charge on any atom is -0.0682 e. The number of hydrogen-bond acceptors (Lipinski definition) is 0. The summed E-state index contributed by atoms with van der Waals surface area (Å²) in [5.74, 6) is 0. The molecule has 0 saturated carbocycles. The average Bonchev–Trinajstić information content (AvgIpc) is 2.40. The second-order valence-electron chi connectivity index (χ2n) is 4.38. The van der Waals surface area contributed by atoms with Gasteiger partial charge in [-0.05, 0) is 23.1 Å². The summed E-state index contributed by atoms with van der Waals surface area (Å²) in [5, 5.41) is 0. The molecule has 0 fully saturated rings. The Morgan fingerprint density at radius 2 is 1.47 bits per heavy atom. The maximum atomic E-state index is 2.31. The van der Waals surface area contributed by atoms with Gasteiger partial charge in [-0.2, -0.15) is 0 Å². The summed E-state index contributed by atoms with van der Waals surface area (Å²) < 4.78 is 0. The van der Waals surface area contributed by atoms with Gasteiger partial charge in [0.1, 0.15) is 0 Å². The topological polar surface area (TPSA) is 0 Å². The molecule has 2 aromatic carbocycles. The van der Waals surface area contributed by atoms with Gasteiger partial charge in [0.25, 0.3) is 0 Å². The lowest BCUT2D eigenvalue weighted by Crippen LogP contribution is -2.11. The Kier molecular flexibility index (Phi) is 4.57. The van der Waals surface area contributed by atoms with E-state index >= 15 is 0 Å². The Morgan fingerprint density at radius 1 is 0.882 bits per heavy atom.